The van der Waals surface area contributed by atoms with E-state index in [0.29, 0.717) is 12.2 Å². The smallest absolute Gasteiger partial charge is 0.418 e. The van der Waals surface area contributed by atoms with E-state index in [9.17, 15) is 22.7 Å². The third-order valence-electron chi connectivity index (χ3n) is 2.93. The Kier molecular flexibility index (Phi) is 4.13. The minimum Gasteiger partial charge on any atom is -0.469 e. The van der Waals surface area contributed by atoms with E-state index in [0.717, 1.165) is 18.2 Å². The molecule has 1 heterocycles. The number of aliphatic hydroxyl groups is 1. The molecule has 1 aromatic carbocycles. The Morgan fingerprint density at radius 3 is 2.50 bits per heavy atom. The van der Waals surface area contributed by atoms with Gasteiger partial charge in [-0.3, -0.25) is 0 Å². The van der Waals surface area contributed by atoms with Gasteiger partial charge in [-0.1, -0.05) is 6.07 Å². The van der Waals surface area contributed by atoms with Gasteiger partial charge in [0.1, 0.15) is 11.6 Å². The number of furan rings is 1. The first kappa shape index (κ1) is 14.6. The van der Waals surface area contributed by atoms with Crippen LogP contribution in [0.1, 0.15) is 23.0 Å². The van der Waals surface area contributed by atoms with Crippen LogP contribution in [-0.2, 0) is 12.8 Å². The maximum Gasteiger partial charge on any atom is 0.418 e. The van der Waals surface area contributed by atoms with E-state index in [-0.39, 0.29) is 17.5 Å². The van der Waals surface area contributed by atoms with Gasteiger partial charge in [-0.25, -0.2) is 4.39 Å². The number of hydrogen-bond donors (Lipinski definition) is 1. The summed E-state index contributed by atoms with van der Waals surface area (Å²) in [4.78, 5) is 0. The molecule has 0 fully saturated rings. The van der Waals surface area contributed by atoms with Crippen molar-refractivity contribution >= 4 is 0 Å². The third kappa shape index (κ3) is 3.39. The maximum atomic E-state index is 13.2. The summed E-state index contributed by atoms with van der Waals surface area (Å²) < 4.78 is 56.0. The molecule has 1 N–H and O–H groups in total. The molecule has 1 unspecified atom stereocenters. The van der Waals surface area contributed by atoms with Crippen LogP contribution in [0.4, 0.5) is 17.6 Å². The molecule has 0 saturated heterocycles. The van der Waals surface area contributed by atoms with Gasteiger partial charge in [0.15, 0.2) is 6.10 Å². The largest absolute Gasteiger partial charge is 0.469 e. The summed E-state index contributed by atoms with van der Waals surface area (Å²) in [6, 6.07) is 6.21. The monoisotopic (exact) mass is 288 g/mol. The molecule has 0 amide bonds. The second kappa shape index (κ2) is 5.66. The molecule has 0 spiro atoms. The van der Waals surface area contributed by atoms with Gasteiger partial charge in [0, 0.05) is 6.42 Å². The molecule has 0 saturated carbocycles. The molecule has 0 bridgehead atoms. The predicted octanol–water partition coefficient (Wildman–Crippen LogP) is 3.80. The summed E-state index contributed by atoms with van der Waals surface area (Å²) in [5.41, 5.74) is -0.211. The molecule has 1 atom stereocenters. The molecule has 2 rings (SSSR count). The number of benzene rings is 1. The van der Waals surface area contributed by atoms with Gasteiger partial charge < -0.3 is 9.52 Å². The Bertz CT molecular complexity index is 561. The van der Waals surface area contributed by atoms with Crippen LogP contribution in [0.3, 0.4) is 0 Å². The molecular formula is C14H12F4O2. The molecule has 1 aromatic heterocycles. The topological polar surface area (TPSA) is 33.4 Å². The number of aryl methyl sites for hydroxylation is 2. The van der Waals surface area contributed by atoms with Crippen LogP contribution in [0.5, 0.6) is 0 Å². The quantitative estimate of drug-likeness (QED) is 0.868. The van der Waals surface area contributed by atoms with E-state index >= 15 is 0 Å². The minimum atomic E-state index is -4.78. The average molecular weight is 288 g/mol. The maximum absolute atomic E-state index is 13.2. The number of rotatable bonds is 4. The Labute approximate surface area is 112 Å². The second-order valence-electron chi connectivity index (χ2n) is 4.37. The normalized spacial score (nSPS) is 13.4. The summed E-state index contributed by atoms with van der Waals surface area (Å²) in [6.45, 7) is 0. The van der Waals surface area contributed by atoms with E-state index in [1.54, 1.807) is 12.1 Å². The summed E-state index contributed by atoms with van der Waals surface area (Å²) in [5.74, 6) is -0.0562. The van der Waals surface area contributed by atoms with Crippen molar-refractivity contribution in [1.29, 1.82) is 0 Å². The van der Waals surface area contributed by atoms with E-state index in [4.69, 9.17) is 4.42 Å². The zero-order chi connectivity index (χ0) is 14.8. The average Bonchev–Trinajstić information content (AvgIpc) is 2.87. The highest BCUT2D eigenvalue weighted by Gasteiger charge is 2.40. The first-order valence-electron chi connectivity index (χ1n) is 5.93. The van der Waals surface area contributed by atoms with Gasteiger partial charge in [-0.15, -0.1) is 0 Å². The van der Waals surface area contributed by atoms with Crippen LogP contribution in [0.2, 0.25) is 0 Å². The van der Waals surface area contributed by atoms with Crippen molar-refractivity contribution in [2.75, 3.05) is 0 Å². The Morgan fingerprint density at radius 1 is 1.15 bits per heavy atom. The SMILES string of the molecule is OC(c1ccc(F)cc1CCc1ccco1)C(F)(F)F. The summed E-state index contributed by atoms with van der Waals surface area (Å²) in [6.07, 6.45) is -5.47. The molecule has 6 heteroatoms. The van der Waals surface area contributed by atoms with Crippen molar-refractivity contribution in [3.8, 4) is 0 Å². The van der Waals surface area contributed by atoms with Gasteiger partial charge in [0.05, 0.1) is 6.26 Å². The van der Waals surface area contributed by atoms with Crippen LogP contribution >= 0.6 is 0 Å². The molecule has 108 valence electrons. The molecule has 2 nitrogen and oxygen atoms in total. The molecule has 2 aromatic rings. The minimum absolute atomic E-state index is 0.117. The van der Waals surface area contributed by atoms with Crippen molar-refractivity contribution in [1.82, 2.24) is 0 Å². The zero-order valence-corrected chi connectivity index (χ0v) is 10.3. The van der Waals surface area contributed by atoms with Gasteiger partial charge >= 0.3 is 6.18 Å². The lowest BCUT2D eigenvalue weighted by Crippen LogP contribution is -2.21. The lowest BCUT2D eigenvalue weighted by molar-refractivity contribution is -0.207. The number of alkyl halides is 3. The van der Waals surface area contributed by atoms with Crippen molar-refractivity contribution in [2.45, 2.75) is 25.1 Å². The van der Waals surface area contributed by atoms with E-state index in [1.807, 2.05) is 0 Å². The van der Waals surface area contributed by atoms with Crippen molar-refractivity contribution in [3.63, 3.8) is 0 Å². The fraction of sp³-hybridized carbons (Fsp3) is 0.286. The summed E-state index contributed by atoms with van der Waals surface area (Å²) in [7, 11) is 0. The Hall–Kier alpha value is -1.82. The lowest BCUT2D eigenvalue weighted by atomic mass is 9.97. The Morgan fingerprint density at radius 2 is 1.90 bits per heavy atom. The van der Waals surface area contributed by atoms with Crippen LogP contribution in [0, 0.1) is 5.82 Å². The van der Waals surface area contributed by atoms with Crippen molar-refractivity contribution < 1.29 is 27.1 Å². The highest BCUT2D eigenvalue weighted by molar-refractivity contribution is 5.31. The lowest BCUT2D eigenvalue weighted by Gasteiger charge is -2.18. The van der Waals surface area contributed by atoms with Crippen LogP contribution < -0.4 is 0 Å². The number of hydrogen-bond acceptors (Lipinski definition) is 2. The molecule has 0 aliphatic carbocycles. The van der Waals surface area contributed by atoms with Crippen molar-refractivity contribution in [2.24, 2.45) is 0 Å². The summed E-state index contributed by atoms with van der Waals surface area (Å²) in [5, 5.41) is 9.32. The molecule has 20 heavy (non-hydrogen) atoms. The van der Waals surface area contributed by atoms with E-state index in [2.05, 4.69) is 0 Å². The zero-order valence-electron chi connectivity index (χ0n) is 10.3. The van der Waals surface area contributed by atoms with E-state index < -0.39 is 18.1 Å². The third-order valence-corrected chi connectivity index (χ3v) is 2.93. The highest BCUT2D eigenvalue weighted by atomic mass is 19.4. The van der Waals surface area contributed by atoms with Crippen LogP contribution in [0.15, 0.2) is 41.0 Å². The van der Waals surface area contributed by atoms with Crippen molar-refractivity contribution in [3.05, 3.63) is 59.3 Å². The predicted molar refractivity (Wildman–Crippen MR) is 63.5 cm³/mol. The van der Waals surface area contributed by atoms with Gasteiger partial charge in [-0.2, -0.15) is 13.2 Å². The first-order chi connectivity index (χ1) is 9.38. The molecular weight excluding hydrogens is 276 g/mol. The second-order valence-corrected chi connectivity index (χ2v) is 4.37. The molecule has 0 aliphatic rings. The van der Waals surface area contributed by atoms with Gasteiger partial charge in [0.2, 0.25) is 0 Å². The number of aliphatic hydroxyl groups excluding tert-OH is 1. The fourth-order valence-electron chi connectivity index (χ4n) is 1.95. The Balaban J connectivity index is 2.24. The fourth-order valence-corrected chi connectivity index (χ4v) is 1.95. The van der Waals surface area contributed by atoms with Crippen LogP contribution in [0.25, 0.3) is 0 Å². The number of halogens is 4. The standard InChI is InChI=1S/C14H12F4O2/c15-10-4-6-12(13(19)14(16,17)18)9(8-10)3-5-11-2-1-7-20-11/h1-2,4,6-8,13,19H,3,5H2. The molecule has 0 radical (unpaired) electrons. The highest BCUT2D eigenvalue weighted by Crippen LogP contribution is 2.34. The molecule has 0 aliphatic heterocycles. The van der Waals surface area contributed by atoms with Crippen LogP contribution in [-0.4, -0.2) is 11.3 Å². The van der Waals surface area contributed by atoms with Gasteiger partial charge in [0.25, 0.3) is 0 Å². The van der Waals surface area contributed by atoms with Gasteiger partial charge in [-0.05, 0) is 41.8 Å². The first-order valence-corrected chi connectivity index (χ1v) is 5.93. The van der Waals surface area contributed by atoms with E-state index in [1.165, 1.54) is 6.26 Å². The summed E-state index contributed by atoms with van der Waals surface area (Å²) >= 11 is 0.